The molecule has 0 aliphatic heterocycles. The van der Waals surface area contributed by atoms with Crippen LogP contribution in [0.15, 0.2) is 0 Å². The lowest BCUT2D eigenvalue weighted by atomic mass is 9.41. The first-order valence-electron chi connectivity index (χ1n) is 9.54. The predicted octanol–water partition coefficient (Wildman–Crippen LogP) is 5.39. The molecule has 4 fully saturated rings. The summed E-state index contributed by atoms with van der Waals surface area (Å²) in [5.41, 5.74) is 0.851. The maximum atomic E-state index is 11.1. The van der Waals surface area contributed by atoms with Gasteiger partial charge in [0.25, 0.3) is 0 Å². The van der Waals surface area contributed by atoms with Crippen molar-refractivity contribution in [2.75, 3.05) is 5.88 Å². The number of alkyl halides is 1. The molecule has 0 radical (unpaired) electrons. The lowest BCUT2D eigenvalue weighted by Crippen LogP contribution is -2.55. The standard InChI is InChI=1S/C20H33ClO/c1-17(2)8-4-9-18(3)15(17)7-10-19-11-14(5-6-16(18)19)20(22,12-19)13-21/h14-16,22H,4-13H2,1-3H3/t14?,15?,16?,18-,19?,20+/m1/s1. The van der Waals surface area contributed by atoms with Crippen molar-refractivity contribution in [2.24, 2.45) is 34.0 Å². The number of rotatable bonds is 1. The van der Waals surface area contributed by atoms with Gasteiger partial charge in [-0.3, -0.25) is 0 Å². The highest BCUT2D eigenvalue weighted by Gasteiger charge is 2.66. The monoisotopic (exact) mass is 324 g/mol. The normalized spacial score (nSPS) is 56.3. The van der Waals surface area contributed by atoms with E-state index in [1.54, 1.807) is 0 Å². The molecule has 4 unspecified atom stereocenters. The molecular formula is C20H33ClO. The Bertz CT molecular complexity index is 474. The minimum atomic E-state index is -0.566. The van der Waals surface area contributed by atoms with Gasteiger partial charge in [0.2, 0.25) is 0 Å². The Balaban J connectivity index is 1.72. The maximum Gasteiger partial charge on any atom is 0.0816 e. The second-order valence-corrected chi connectivity index (χ2v) is 10.5. The molecule has 0 saturated heterocycles. The van der Waals surface area contributed by atoms with E-state index in [9.17, 15) is 5.11 Å². The van der Waals surface area contributed by atoms with Crippen molar-refractivity contribution in [3.8, 4) is 0 Å². The van der Waals surface area contributed by atoms with Gasteiger partial charge < -0.3 is 5.11 Å². The molecule has 0 heterocycles. The van der Waals surface area contributed by atoms with Crippen LogP contribution in [-0.4, -0.2) is 16.6 Å². The Kier molecular flexibility index (Phi) is 3.34. The molecule has 4 aliphatic rings. The Labute approximate surface area is 141 Å². The van der Waals surface area contributed by atoms with Crippen molar-refractivity contribution < 1.29 is 5.11 Å². The number of hydrogen-bond donors (Lipinski definition) is 1. The van der Waals surface area contributed by atoms with Gasteiger partial charge in [-0.05, 0) is 85.4 Å². The van der Waals surface area contributed by atoms with E-state index >= 15 is 0 Å². The predicted molar refractivity (Wildman–Crippen MR) is 92.0 cm³/mol. The van der Waals surface area contributed by atoms with Crippen molar-refractivity contribution in [2.45, 2.75) is 84.2 Å². The summed E-state index contributed by atoms with van der Waals surface area (Å²) in [4.78, 5) is 0. The molecule has 4 saturated carbocycles. The first-order valence-corrected chi connectivity index (χ1v) is 10.1. The molecule has 0 aromatic rings. The molecule has 126 valence electrons. The van der Waals surface area contributed by atoms with Crippen molar-refractivity contribution in [1.29, 1.82) is 0 Å². The molecule has 0 aromatic carbocycles. The number of fused-ring (bicyclic) bond motifs is 3. The lowest BCUT2D eigenvalue weighted by molar-refractivity contribution is -0.145. The van der Waals surface area contributed by atoms with E-state index in [0.717, 1.165) is 18.3 Å². The Morgan fingerprint density at radius 2 is 1.77 bits per heavy atom. The summed E-state index contributed by atoms with van der Waals surface area (Å²) in [6.07, 6.45) is 11.7. The third-order valence-corrected chi connectivity index (χ3v) is 9.31. The zero-order valence-electron chi connectivity index (χ0n) is 14.6. The van der Waals surface area contributed by atoms with E-state index in [1.165, 1.54) is 51.4 Å². The van der Waals surface area contributed by atoms with Crippen molar-refractivity contribution in [1.82, 2.24) is 0 Å². The smallest absolute Gasteiger partial charge is 0.0816 e. The highest BCUT2D eigenvalue weighted by molar-refractivity contribution is 6.18. The Morgan fingerprint density at radius 1 is 1.00 bits per heavy atom. The first kappa shape index (κ1) is 15.8. The van der Waals surface area contributed by atoms with Crippen LogP contribution in [0.25, 0.3) is 0 Å². The van der Waals surface area contributed by atoms with Crippen LogP contribution in [0.2, 0.25) is 0 Å². The maximum absolute atomic E-state index is 11.1. The second kappa shape index (κ2) is 4.66. The molecule has 22 heavy (non-hydrogen) atoms. The van der Waals surface area contributed by atoms with E-state index in [4.69, 9.17) is 11.6 Å². The molecule has 6 atom stereocenters. The van der Waals surface area contributed by atoms with Gasteiger partial charge in [0.15, 0.2) is 0 Å². The van der Waals surface area contributed by atoms with Gasteiger partial charge in [0, 0.05) is 0 Å². The van der Waals surface area contributed by atoms with E-state index in [-0.39, 0.29) is 0 Å². The molecule has 1 N–H and O–H groups in total. The van der Waals surface area contributed by atoms with E-state index in [2.05, 4.69) is 20.8 Å². The first-order chi connectivity index (χ1) is 10.3. The summed E-state index contributed by atoms with van der Waals surface area (Å²) in [7, 11) is 0. The highest BCUT2D eigenvalue weighted by atomic mass is 35.5. The topological polar surface area (TPSA) is 20.2 Å². The Hall–Kier alpha value is 0.250. The summed E-state index contributed by atoms with van der Waals surface area (Å²) in [6.45, 7) is 7.65. The quantitative estimate of drug-likeness (QED) is 0.641. The van der Waals surface area contributed by atoms with E-state index in [1.807, 2.05) is 0 Å². The lowest BCUT2D eigenvalue weighted by Gasteiger charge is -2.64. The highest BCUT2D eigenvalue weighted by Crippen LogP contribution is 2.72. The minimum absolute atomic E-state index is 0.408. The molecule has 1 nitrogen and oxygen atoms in total. The summed E-state index contributed by atoms with van der Waals surface area (Å²) >= 11 is 6.21. The zero-order valence-corrected chi connectivity index (χ0v) is 15.4. The van der Waals surface area contributed by atoms with Crippen LogP contribution in [0.5, 0.6) is 0 Å². The van der Waals surface area contributed by atoms with Gasteiger partial charge in [-0.15, -0.1) is 11.6 Å². The summed E-state index contributed by atoms with van der Waals surface area (Å²) in [5.74, 6) is 2.62. The fourth-order valence-electron chi connectivity index (χ4n) is 8.10. The van der Waals surface area contributed by atoms with Crippen LogP contribution in [0.4, 0.5) is 0 Å². The fraction of sp³-hybridized carbons (Fsp3) is 1.00. The number of halogens is 1. The van der Waals surface area contributed by atoms with Gasteiger partial charge in [-0.2, -0.15) is 0 Å². The third-order valence-electron chi connectivity index (χ3n) is 8.85. The average Bonchev–Trinajstić information content (AvgIpc) is 2.65. The second-order valence-electron chi connectivity index (χ2n) is 10.2. The molecule has 4 rings (SSSR count). The van der Waals surface area contributed by atoms with Gasteiger partial charge in [-0.25, -0.2) is 0 Å². The average molecular weight is 325 g/mol. The van der Waals surface area contributed by atoms with E-state index < -0.39 is 5.60 Å². The van der Waals surface area contributed by atoms with Gasteiger partial charge in [0.1, 0.15) is 0 Å². The largest absolute Gasteiger partial charge is 0.388 e. The van der Waals surface area contributed by atoms with Crippen LogP contribution in [0.3, 0.4) is 0 Å². The molecule has 0 aromatic heterocycles. The molecule has 0 amide bonds. The van der Waals surface area contributed by atoms with Crippen LogP contribution in [0.1, 0.15) is 78.6 Å². The fourth-order valence-corrected chi connectivity index (χ4v) is 8.42. The molecular weight excluding hydrogens is 292 g/mol. The minimum Gasteiger partial charge on any atom is -0.388 e. The SMILES string of the molecule is CC1(C)CCC[C@]2(C)C1CCC13CC(CCC12)[C@@](O)(CCl)C3. The van der Waals surface area contributed by atoms with Crippen molar-refractivity contribution >= 4 is 11.6 Å². The third kappa shape index (κ3) is 1.88. The van der Waals surface area contributed by atoms with E-state index in [0.29, 0.717) is 28.0 Å². The number of hydrogen-bond acceptors (Lipinski definition) is 1. The summed E-state index contributed by atoms with van der Waals surface area (Å²) in [6, 6.07) is 0. The summed E-state index contributed by atoms with van der Waals surface area (Å²) in [5, 5.41) is 11.1. The Morgan fingerprint density at radius 3 is 2.50 bits per heavy atom. The molecule has 4 aliphatic carbocycles. The van der Waals surface area contributed by atoms with Crippen LogP contribution < -0.4 is 0 Å². The van der Waals surface area contributed by atoms with Crippen LogP contribution >= 0.6 is 11.6 Å². The molecule has 1 spiro atoms. The van der Waals surface area contributed by atoms with Crippen molar-refractivity contribution in [3.63, 3.8) is 0 Å². The van der Waals surface area contributed by atoms with Gasteiger partial charge in [0.05, 0.1) is 11.5 Å². The summed E-state index contributed by atoms with van der Waals surface area (Å²) < 4.78 is 0. The van der Waals surface area contributed by atoms with Gasteiger partial charge >= 0.3 is 0 Å². The van der Waals surface area contributed by atoms with Crippen LogP contribution in [-0.2, 0) is 0 Å². The molecule has 2 heteroatoms. The number of aliphatic hydroxyl groups is 1. The molecule has 2 bridgehead atoms. The van der Waals surface area contributed by atoms with Crippen LogP contribution in [0, 0.1) is 34.0 Å². The zero-order chi connectivity index (χ0) is 15.8. The van der Waals surface area contributed by atoms with Crippen molar-refractivity contribution in [3.05, 3.63) is 0 Å². The van der Waals surface area contributed by atoms with Gasteiger partial charge in [-0.1, -0.05) is 27.2 Å².